The van der Waals surface area contributed by atoms with E-state index in [1.54, 1.807) is 41.5 Å². The van der Waals surface area contributed by atoms with Crippen LogP contribution in [-0.4, -0.2) is 29.9 Å². The molecule has 2 N–H and O–H groups in total. The van der Waals surface area contributed by atoms with Crippen molar-refractivity contribution in [2.24, 2.45) is 0 Å². The minimum atomic E-state index is -3.61. The molecule has 1 aliphatic rings. The predicted octanol–water partition coefficient (Wildman–Crippen LogP) is 2.57. The molecular formula is C19H18N4O3S. The largest absolute Gasteiger partial charge is 0.320 e. The second-order valence-corrected chi connectivity index (χ2v) is 8.08. The Bertz CT molecular complexity index is 1070. The molecule has 0 saturated heterocycles. The Hall–Kier alpha value is -2.97. The summed E-state index contributed by atoms with van der Waals surface area (Å²) in [6.07, 6.45) is 6.78. The van der Waals surface area contributed by atoms with Gasteiger partial charge < -0.3 is 9.88 Å². The quantitative estimate of drug-likeness (QED) is 0.685. The molecule has 0 spiro atoms. The molecule has 1 aliphatic carbocycles. The third kappa shape index (κ3) is 3.91. The van der Waals surface area contributed by atoms with E-state index in [0.717, 1.165) is 18.5 Å². The summed E-state index contributed by atoms with van der Waals surface area (Å²) in [7, 11) is -3.61. The summed E-state index contributed by atoms with van der Waals surface area (Å²) in [5.74, 6) is -0.383. The zero-order valence-corrected chi connectivity index (χ0v) is 15.2. The summed E-state index contributed by atoms with van der Waals surface area (Å²) in [4.78, 5) is 16.8. The van der Waals surface area contributed by atoms with Crippen LogP contribution in [0, 0.1) is 0 Å². The van der Waals surface area contributed by atoms with Crippen molar-refractivity contribution in [3.8, 4) is 5.69 Å². The van der Waals surface area contributed by atoms with Gasteiger partial charge in [0.2, 0.25) is 10.0 Å². The van der Waals surface area contributed by atoms with Crippen molar-refractivity contribution in [3.05, 3.63) is 72.8 Å². The Morgan fingerprint density at radius 1 is 1.11 bits per heavy atom. The van der Waals surface area contributed by atoms with Crippen LogP contribution in [0.1, 0.15) is 23.2 Å². The van der Waals surface area contributed by atoms with E-state index in [0.29, 0.717) is 5.69 Å². The van der Waals surface area contributed by atoms with E-state index in [1.807, 2.05) is 18.2 Å². The van der Waals surface area contributed by atoms with E-state index in [-0.39, 0.29) is 22.4 Å². The lowest BCUT2D eigenvalue weighted by molar-refractivity contribution is 0.102. The zero-order chi connectivity index (χ0) is 18.9. The van der Waals surface area contributed by atoms with E-state index >= 15 is 0 Å². The fourth-order valence-corrected chi connectivity index (χ4v) is 4.04. The topological polar surface area (TPSA) is 93.1 Å². The number of aromatic nitrogens is 2. The molecule has 1 amide bonds. The van der Waals surface area contributed by atoms with Crippen LogP contribution in [-0.2, 0) is 10.0 Å². The van der Waals surface area contributed by atoms with Crippen molar-refractivity contribution in [3.63, 3.8) is 0 Å². The average Bonchev–Trinajstić information content (AvgIpc) is 3.30. The van der Waals surface area contributed by atoms with Gasteiger partial charge in [-0.3, -0.25) is 4.79 Å². The first-order chi connectivity index (χ1) is 13.0. The molecule has 1 heterocycles. The van der Waals surface area contributed by atoms with E-state index in [1.165, 1.54) is 12.1 Å². The summed E-state index contributed by atoms with van der Waals surface area (Å²) in [5.41, 5.74) is 1.64. The van der Waals surface area contributed by atoms with Crippen LogP contribution < -0.4 is 10.0 Å². The van der Waals surface area contributed by atoms with Crippen molar-refractivity contribution in [1.82, 2.24) is 14.3 Å². The summed E-state index contributed by atoms with van der Waals surface area (Å²) < 4.78 is 29.2. The van der Waals surface area contributed by atoms with E-state index in [4.69, 9.17) is 0 Å². The Morgan fingerprint density at radius 2 is 1.93 bits per heavy atom. The van der Waals surface area contributed by atoms with Crippen LogP contribution in [0.4, 0.5) is 5.69 Å². The van der Waals surface area contributed by atoms with Gasteiger partial charge in [0.25, 0.3) is 5.91 Å². The van der Waals surface area contributed by atoms with Crippen molar-refractivity contribution in [2.45, 2.75) is 23.8 Å². The molecule has 8 heteroatoms. The first kappa shape index (κ1) is 17.4. The predicted molar refractivity (Wildman–Crippen MR) is 101 cm³/mol. The third-order valence-corrected chi connectivity index (χ3v) is 5.76. The number of amides is 1. The molecule has 27 heavy (non-hydrogen) atoms. The summed E-state index contributed by atoms with van der Waals surface area (Å²) in [6.45, 7) is 0. The molecule has 4 rings (SSSR count). The molecule has 0 atom stereocenters. The van der Waals surface area contributed by atoms with Gasteiger partial charge in [0.05, 0.1) is 22.6 Å². The van der Waals surface area contributed by atoms with Crippen LogP contribution >= 0.6 is 0 Å². The molecule has 7 nitrogen and oxygen atoms in total. The van der Waals surface area contributed by atoms with Crippen LogP contribution in [0.2, 0.25) is 0 Å². The van der Waals surface area contributed by atoms with Crippen LogP contribution in [0.25, 0.3) is 5.69 Å². The Balaban J connectivity index is 1.59. The molecule has 2 aromatic carbocycles. The standard InChI is InChI=1S/C19H18N4O3S/c24-19(21-17-6-1-2-7-18(17)23-11-10-20-13-23)14-4-3-5-16(12-14)27(25,26)22-15-8-9-15/h1-7,10-13,15,22H,8-9H2,(H,21,24). The van der Waals surface area contributed by atoms with Gasteiger partial charge in [0.1, 0.15) is 0 Å². The molecule has 3 aromatic rings. The highest BCUT2D eigenvalue weighted by molar-refractivity contribution is 7.89. The van der Waals surface area contributed by atoms with Gasteiger partial charge in [-0.25, -0.2) is 18.1 Å². The number of nitrogens with zero attached hydrogens (tertiary/aromatic N) is 2. The lowest BCUT2D eigenvalue weighted by Gasteiger charge is -2.12. The maximum Gasteiger partial charge on any atom is 0.255 e. The fraction of sp³-hybridized carbons (Fsp3) is 0.158. The number of nitrogens with one attached hydrogen (secondary N) is 2. The number of imidazole rings is 1. The second-order valence-electron chi connectivity index (χ2n) is 6.36. The number of rotatable bonds is 6. The van der Waals surface area contributed by atoms with Crippen LogP contribution in [0.3, 0.4) is 0 Å². The summed E-state index contributed by atoms with van der Waals surface area (Å²) in [6, 6.07) is 13.4. The Morgan fingerprint density at radius 3 is 2.67 bits per heavy atom. The number of para-hydroxylation sites is 2. The number of hydrogen-bond acceptors (Lipinski definition) is 4. The van der Waals surface area contributed by atoms with Crippen molar-refractivity contribution in [1.29, 1.82) is 0 Å². The molecule has 138 valence electrons. The molecular weight excluding hydrogens is 364 g/mol. The number of sulfonamides is 1. The minimum Gasteiger partial charge on any atom is -0.320 e. The summed E-state index contributed by atoms with van der Waals surface area (Å²) >= 11 is 0. The van der Waals surface area contributed by atoms with Gasteiger partial charge >= 0.3 is 0 Å². The Labute approximate surface area is 157 Å². The lowest BCUT2D eigenvalue weighted by atomic mass is 10.2. The maximum absolute atomic E-state index is 12.7. The van der Waals surface area contributed by atoms with Gasteiger partial charge in [0.15, 0.2) is 0 Å². The maximum atomic E-state index is 12.7. The molecule has 1 fully saturated rings. The summed E-state index contributed by atoms with van der Waals surface area (Å²) in [5, 5.41) is 2.84. The van der Waals surface area contributed by atoms with E-state index in [9.17, 15) is 13.2 Å². The molecule has 0 bridgehead atoms. The Kier molecular flexibility index (Phi) is 4.51. The van der Waals surface area contributed by atoms with Crippen LogP contribution in [0.5, 0.6) is 0 Å². The highest BCUT2D eigenvalue weighted by atomic mass is 32.2. The fourth-order valence-electron chi connectivity index (χ4n) is 2.69. The number of benzene rings is 2. The molecule has 1 saturated carbocycles. The van der Waals surface area contributed by atoms with Crippen molar-refractivity contribution < 1.29 is 13.2 Å². The number of carbonyl (C=O) groups excluding carboxylic acids is 1. The monoisotopic (exact) mass is 382 g/mol. The number of carbonyl (C=O) groups is 1. The minimum absolute atomic E-state index is 0.00883. The van der Waals surface area contributed by atoms with E-state index in [2.05, 4.69) is 15.0 Å². The lowest BCUT2D eigenvalue weighted by Crippen LogP contribution is -2.26. The smallest absolute Gasteiger partial charge is 0.255 e. The molecule has 1 aromatic heterocycles. The molecule has 0 radical (unpaired) electrons. The highest BCUT2D eigenvalue weighted by Crippen LogP contribution is 2.23. The first-order valence-electron chi connectivity index (χ1n) is 8.54. The van der Waals surface area contributed by atoms with Gasteiger partial charge in [-0.05, 0) is 43.2 Å². The number of hydrogen-bond donors (Lipinski definition) is 2. The molecule has 0 aliphatic heterocycles. The van der Waals surface area contributed by atoms with E-state index < -0.39 is 10.0 Å². The van der Waals surface area contributed by atoms with Gasteiger partial charge in [-0.15, -0.1) is 0 Å². The van der Waals surface area contributed by atoms with Crippen molar-refractivity contribution >= 4 is 21.6 Å². The third-order valence-electron chi connectivity index (χ3n) is 4.24. The SMILES string of the molecule is O=C(Nc1ccccc1-n1ccnc1)c1cccc(S(=O)(=O)NC2CC2)c1. The normalized spacial score (nSPS) is 14.1. The van der Waals surface area contributed by atoms with Gasteiger partial charge in [-0.2, -0.15) is 0 Å². The van der Waals surface area contributed by atoms with Crippen molar-refractivity contribution in [2.75, 3.05) is 5.32 Å². The molecule has 0 unspecified atom stereocenters. The number of anilines is 1. The zero-order valence-electron chi connectivity index (χ0n) is 14.4. The van der Waals surface area contributed by atoms with Crippen LogP contribution in [0.15, 0.2) is 72.1 Å². The first-order valence-corrected chi connectivity index (χ1v) is 10.0. The average molecular weight is 382 g/mol. The van der Waals surface area contributed by atoms with Gasteiger partial charge in [0, 0.05) is 24.0 Å². The highest BCUT2D eigenvalue weighted by Gasteiger charge is 2.28. The second kappa shape index (κ2) is 6.98. The van der Waals surface area contributed by atoms with Gasteiger partial charge in [-0.1, -0.05) is 18.2 Å².